The number of hydrogen-bond acceptors (Lipinski definition) is 2. The van der Waals surface area contributed by atoms with Gasteiger partial charge in [0.1, 0.15) is 5.75 Å². The second-order valence-electron chi connectivity index (χ2n) is 5.74. The Balaban J connectivity index is 2.58. The van der Waals surface area contributed by atoms with Crippen molar-refractivity contribution in [3.63, 3.8) is 0 Å². The average molecular weight is 349 g/mol. The first-order valence-electron chi connectivity index (χ1n) is 6.10. The fourth-order valence-corrected chi connectivity index (χ4v) is 3.06. The number of phenolic OH excluding ortho intramolecular Hbond substituents is 1. The van der Waals surface area contributed by atoms with E-state index >= 15 is 0 Å². The van der Waals surface area contributed by atoms with Gasteiger partial charge in [0.25, 0.3) is 5.91 Å². The summed E-state index contributed by atoms with van der Waals surface area (Å²) in [5.74, 6) is -0.251. The van der Waals surface area contributed by atoms with Crippen molar-refractivity contribution < 1.29 is 9.90 Å². The summed E-state index contributed by atoms with van der Waals surface area (Å²) in [7, 11) is 0. The first-order chi connectivity index (χ1) is 8.69. The molecule has 1 atom stereocenters. The maximum Gasteiger partial charge on any atom is 0.252 e. The van der Waals surface area contributed by atoms with Crippen LogP contribution < -0.4 is 5.32 Å². The van der Waals surface area contributed by atoms with E-state index in [0.29, 0.717) is 11.6 Å². The molecule has 0 aliphatic carbocycles. The van der Waals surface area contributed by atoms with Crippen molar-refractivity contribution in [1.82, 2.24) is 5.32 Å². The average Bonchev–Trinajstić information content (AvgIpc) is 2.27. The van der Waals surface area contributed by atoms with Crippen LogP contribution in [0.25, 0.3) is 0 Å². The Hall–Kier alpha value is -0.740. The molecule has 0 heterocycles. The molecule has 0 radical (unpaired) electrons. The van der Waals surface area contributed by atoms with Gasteiger partial charge >= 0.3 is 0 Å². The van der Waals surface area contributed by atoms with Crippen molar-refractivity contribution in [2.75, 3.05) is 6.54 Å². The highest BCUT2D eigenvalue weighted by Gasteiger charge is 2.18. The standard InChI is InChI=1S/C14H19BrClNO2/c1-14(2,3)7-9(15)8-17-13(19)11-6-10(18)4-5-12(11)16/h4-6,9,18H,7-8H2,1-3H3,(H,17,19). The molecule has 1 aromatic rings. The van der Waals surface area contributed by atoms with Crippen LogP contribution in [0.2, 0.25) is 5.02 Å². The van der Waals surface area contributed by atoms with E-state index in [1.807, 2.05) is 0 Å². The highest BCUT2D eigenvalue weighted by Crippen LogP contribution is 2.25. The molecule has 0 aliphatic rings. The van der Waals surface area contributed by atoms with Crippen LogP contribution in [0.1, 0.15) is 37.6 Å². The maximum absolute atomic E-state index is 12.0. The number of nitrogens with one attached hydrogen (secondary N) is 1. The lowest BCUT2D eigenvalue weighted by molar-refractivity contribution is 0.0952. The van der Waals surface area contributed by atoms with Gasteiger partial charge in [0, 0.05) is 11.4 Å². The number of alkyl halides is 1. The number of carbonyl (C=O) groups is 1. The number of aromatic hydroxyl groups is 1. The summed E-state index contributed by atoms with van der Waals surface area (Å²) in [6, 6.07) is 4.32. The monoisotopic (exact) mass is 347 g/mol. The van der Waals surface area contributed by atoms with Crippen LogP contribution in [0, 0.1) is 5.41 Å². The molecule has 0 aromatic heterocycles. The van der Waals surface area contributed by atoms with E-state index in [2.05, 4.69) is 42.0 Å². The fraction of sp³-hybridized carbons (Fsp3) is 0.500. The minimum Gasteiger partial charge on any atom is -0.508 e. The summed E-state index contributed by atoms with van der Waals surface area (Å²) in [5.41, 5.74) is 0.485. The molecular weight excluding hydrogens is 330 g/mol. The number of halogens is 2. The Morgan fingerprint density at radius 3 is 2.68 bits per heavy atom. The second kappa shape index (κ2) is 6.62. The summed E-state index contributed by atoms with van der Waals surface area (Å²) in [4.78, 5) is 12.2. The molecule has 0 saturated carbocycles. The van der Waals surface area contributed by atoms with Gasteiger partial charge in [0.2, 0.25) is 0 Å². The Labute approximate surface area is 127 Å². The first kappa shape index (κ1) is 16.3. The minimum absolute atomic E-state index is 0.0274. The molecule has 5 heteroatoms. The number of rotatable bonds is 4. The Morgan fingerprint density at radius 1 is 1.47 bits per heavy atom. The van der Waals surface area contributed by atoms with Crippen LogP contribution in [0.3, 0.4) is 0 Å². The molecule has 0 bridgehead atoms. The zero-order valence-electron chi connectivity index (χ0n) is 11.3. The number of amides is 1. The van der Waals surface area contributed by atoms with Crippen molar-refractivity contribution in [3.05, 3.63) is 28.8 Å². The van der Waals surface area contributed by atoms with E-state index in [1.165, 1.54) is 18.2 Å². The largest absolute Gasteiger partial charge is 0.508 e. The fourth-order valence-electron chi connectivity index (χ4n) is 1.72. The van der Waals surface area contributed by atoms with Gasteiger partial charge < -0.3 is 10.4 Å². The van der Waals surface area contributed by atoms with Crippen LogP contribution in [0.15, 0.2) is 18.2 Å². The number of carbonyl (C=O) groups excluding carboxylic acids is 1. The zero-order chi connectivity index (χ0) is 14.6. The highest BCUT2D eigenvalue weighted by atomic mass is 79.9. The molecule has 0 spiro atoms. The number of phenols is 1. The van der Waals surface area contributed by atoms with E-state index in [-0.39, 0.29) is 27.5 Å². The van der Waals surface area contributed by atoms with Crippen LogP contribution in [0.4, 0.5) is 0 Å². The summed E-state index contributed by atoms with van der Waals surface area (Å²) in [6.07, 6.45) is 0.945. The Morgan fingerprint density at radius 2 is 2.11 bits per heavy atom. The third-order valence-corrected chi connectivity index (χ3v) is 3.49. The summed E-state index contributed by atoms with van der Waals surface area (Å²) in [5, 5.41) is 12.5. The molecule has 0 aliphatic heterocycles. The molecule has 106 valence electrons. The third kappa shape index (κ3) is 5.83. The zero-order valence-corrected chi connectivity index (χ0v) is 13.7. The van der Waals surface area contributed by atoms with Crippen LogP contribution in [-0.4, -0.2) is 22.4 Å². The Bertz CT molecular complexity index is 457. The lowest BCUT2D eigenvalue weighted by Crippen LogP contribution is -2.31. The molecule has 3 nitrogen and oxygen atoms in total. The van der Waals surface area contributed by atoms with Crippen molar-refractivity contribution >= 4 is 33.4 Å². The molecule has 1 aromatic carbocycles. The lowest BCUT2D eigenvalue weighted by atomic mass is 9.90. The number of benzene rings is 1. The molecule has 1 rings (SSSR count). The van der Waals surface area contributed by atoms with Crippen molar-refractivity contribution in [2.45, 2.75) is 32.0 Å². The predicted molar refractivity (Wildman–Crippen MR) is 82.2 cm³/mol. The smallest absolute Gasteiger partial charge is 0.252 e. The predicted octanol–water partition coefficient (Wildman–Crippen LogP) is 3.98. The molecule has 2 N–H and O–H groups in total. The van der Waals surface area contributed by atoms with E-state index in [9.17, 15) is 9.90 Å². The molecule has 19 heavy (non-hydrogen) atoms. The van der Waals surface area contributed by atoms with Gasteiger partial charge in [-0.2, -0.15) is 0 Å². The van der Waals surface area contributed by atoms with Crippen LogP contribution in [-0.2, 0) is 0 Å². The second-order valence-corrected chi connectivity index (χ2v) is 7.44. The van der Waals surface area contributed by atoms with Gasteiger partial charge in [0.05, 0.1) is 10.6 Å². The van der Waals surface area contributed by atoms with Gasteiger partial charge in [-0.1, -0.05) is 48.3 Å². The lowest BCUT2D eigenvalue weighted by Gasteiger charge is -2.22. The summed E-state index contributed by atoms with van der Waals surface area (Å²) in [6.45, 7) is 6.96. The van der Waals surface area contributed by atoms with E-state index in [0.717, 1.165) is 6.42 Å². The quantitative estimate of drug-likeness (QED) is 0.809. The molecular formula is C14H19BrClNO2. The van der Waals surface area contributed by atoms with E-state index < -0.39 is 0 Å². The van der Waals surface area contributed by atoms with E-state index in [1.54, 1.807) is 0 Å². The van der Waals surface area contributed by atoms with Gasteiger partial charge in [0.15, 0.2) is 0 Å². The first-order valence-corrected chi connectivity index (χ1v) is 7.39. The minimum atomic E-state index is -0.278. The van der Waals surface area contributed by atoms with Gasteiger partial charge in [-0.3, -0.25) is 4.79 Å². The van der Waals surface area contributed by atoms with Crippen molar-refractivity contribution in [3.8, 4) is 5.75 Å². The van der Waals surface area contributed by atoms with Crippen molar-refractivity contribution in [1.29, 1.82) is 0 Å². The Kier molecular flexibility index (Phi) is 5.68. The molecule has 1 unspecified atom stereocenters. The highest BCUT2D eigenvalue weighted by molar-refractivity contribution is 9.09. The van der Waals surface area contributed by atoms with Crippen molar-refractivity contribution in [2.24, 2.45) is 5.41 Å². The topological polar surface area (TPSA) is 49.3 Å². The molecule has 0 saturated heterocycles. The van der Waals surface area contributed by atoms with Gasteiger partial charge in [-0.15, -0.1) is 0 Å². The molecule has 1 amide bonds. The van der Waals surface area contributed by atoms with Gasteiger partial charge in [-0.05, 0) is 30.0 Å². The summed E-state index contributed by atoms with van der Waals surface area (Å²) >= 11 is 9.48. The van der Waals surface area contributed by atoms with Crippen LogP contribution >= 0.6 is 27.5 Å². The van der Waals surface area contributed by atoms with Crippen LogP contribution in [0.5, 0.6) is 5.75 Å². The maximum atomic E-state index is 12.0. The van der Waals surface area contributed by atoms with E-state index in [4.69, 9.17) is 11.6 Å². The summed E-state index contributed by atoms with van der Waals surface area (Å²) < 4.78 is 0. The van der Waals surface area contributed by atoms with Gasteiger partial charge in [-0.25, -0.2) is 0 Å². The third-order valence-electron chi connectivity index (χ3n) is 2.51. The normalized spacial score (nSPS) is 13.1. The molecule has 0 fully saturated rings. The SMILES string of the molecule is CC(C)(C)CC(Br)CNC(=O)c1cc(O)ccc1Cl. The number of hydrogen-bond donors (Lipinski definition) is 2.